The first-order valence-electron chi connectivity index (χ1n) is 24.4. The number of thiol groups is 1. The van der Waals surface area contributed by atoms with Crippen molar-refractivity contribution in [3.05, 3.63) is 65.8 Å². The minimum absolute atomic E-state index is 0.0899. The maximum absolute atomic E-state index is 14.9. The number of thioether (sulfide) groups is 1. The first-order chi connectivity index (χ1) is 34.0. The molecule has 380 valence electrons. The number of carbonyl (C=O) groups excluding carboxylic acids is 5. The molecule has 21 heteroatoms. The van der Waals surface area contributed by atoms with Gasteiger partial charge in [0, 0.05) is 92.2 Å². The number of pyridine rings is 1. The smallest absolute Gasteiger partial charge is 0.324 e. The Labute approximate surface area is 427 Å². The van der Waals surface area contributed by atoms with Crippen LogP contribution in [0.2, 0.25) is 0 Å². The van der Waals surface area contributed by atoms with E-state index in [4.69, 9.17) is 23.8 Å². The van der Waals surface area contributed by atoms with E-state index in [1.165, 1.54) is 45.4 Å². The van der Waals surface area contributed by atoms with Gasteiger partial charge >= 0.3 is 12.0 Å². The predicted octanol–water partition coefficient (Wildman–Crippen LogP) is 5.84. The number of likely N-dealkylation sites (tertiary alicyclic amines) is 2. The molecule has 4 saturated heterocycles. The lowest BCUT2D eigenvalue weighted by Crippen LogP contribution is -2.67. The third-order valence-electron chi connectivity index (χ3n) is 14.6. The number of fused-ring (bicyclic) bond motifs is 7. The molecular formula is C50H63FN10O7S3. The topological polar surface area (TPSA) is 184 Å². The number of ether oxygens (including phenoxy) is 2. The fourth-order valence-corrected chi connectivity index (χ4v) is 13.1. The van der Waals surface area contributed by atoms with Crippen molar-refractivity contribution < 1.29 is 37.8 Å². The second kappa shape index (κ2) is 20.4. The van der Waals surface area contributed by atoms with Gasteiger partial charge in [-0.25, -0.2) is 19.6 Å². The zero-order chi connectivity index (χ0) is 50.5. The molecule has 0 radical (unpaired) electrons. The van der Waals surface area contributed by atoms with E-state index in [1.807, 2.05) is 26.0 Å². The molecule has 5 aliphatic rings. The maximum atomic E-state index is 14.9. The number of methoxy groups -OCH3 is 1. The number of amides is 5. The number of nitrogens with zero attached hydrogens (tertiary/aromatic N) is 8. The van der Waals surface area contributed by atoms with Crippen molar-refractivity contribution in [2.45, 2.75) is 114 Å². The van der Waals surface area contributed by atoms with Crippen LogP contribution < -0.4 is 10.7 Å². The van der Waals surface area contributed by atoms with E-state index in [9.17, 15) is 28.4 Å². The lowest BCUT2D eigenvalue weighted by molar-refractivity contribution is -0.155. The van der Waals surface area contributed by atoms with Gasteiger partial charge in [0.05, 0.1) is 30.1 Å². The summed E-state index contributed by atoms with van der Waals surface area (Å²) in [5.41, 5.74) is 8.32. The molecule has 3 aromatic heterocycles. The van der Waals surface area contributed by atoms with Crippen molar-refractivity contribution in [3.63, 3.8) is 0 Å². The normalized spacial score (nSPS) is 25.0. The van der Waals surface area contributed by atoms with E-state index in [0.29, 0.717) is 68.4 Å². The molecule has 1 aromatic carbocycles. The Morgan fingerprint density at radius 3 is 2.66 bits per heavy atom. The fourth-order valence-electron chi connectivity index (χ4n) is 10.9. The summed E-state index contributed by atoms with van der Waals surface area (Å²) in [4.78, 5) is 84.8. The Bertz CT molecular complexity index is 2750. The van der Waals surface area contributed by atoms with Crippen LogP contribution in [0.3, 0.4) is 0 Å². The monoisotopic (exact) mass is 1030 g/mol. The molecule has 4 aromatic rings. The molecule has 1 unspecified atom stereocenters. The van der Waals surface area contributed by atoms with E-state index in [2.05, 4.69) is 66.9 Å². The first-order valence-corrected chi connectivity index (χ1v) is 26.7. The number of cyclic esters (lactones) is 1. The Morgan fingerprint density at radius 1 is 1.13 bits per heavy atom. The number of aryl methyl sites for hydroxylation is 1. The van der Waals surface area contributed by atoms with Gasteiger partial charge in [-0.15, -0.1) is 11.8 Å². The zero-order valence-corrected chi connectivity index (χ0v) is 43.8. The second-order valence-corrected chi connectivity index (χ2v) is 22.8. The highest BCUT2D eigenvalue weighted by Gasteiger charge is 2.65. The van der Waals surface area contributed by atoms with Crippen molar-refractivity contribution in [1.29, 1.82) is 0 Å². The highest BCUT2D eigenvalue weighted by Crippen LogP contribution is 2.55. The van der Waals surface area contributed by atoms with E-state index in [0.717, 1.165) is 39.0 Å². The predicted molar refractivity (Wildman–Crippen MR) is 273 cm³/mol. The van der Waals surface area contributed by atoms with E-state index in [-0.39, 0.29) is 55.0 Å². The average Bonchev–Trinajstić information content (AvgIpc) is 3.57. The number of rotatable bonds is 11. The highest BCUT2D eigenvalue weighted by atomic mass is 32.2. The molecule has 0 aliphatic carbocycles. The first kappa shape index (κ1) is 50.8. The molecule has 5 aliphatic heterocycles. The Hall–Kier alpha value is -5.09. The average molecular weight is 1030 g/mol. The summed E-state index contributed by atoms with van der Waals surface area (Å²) in [6.07, 6.45) is 6.06. The van der Waals surface area contributed by atoms with Crippen LogP contribution in [0.15, 0.2) is 48.7 Å². The maximum Gasteiger partial charge on any atom is 0.324 e. The Balaban J connectivity index is 1.03. The molecule has 6 bridgehead atoms. The number of hydrazine groups is 1. The molecule has 4 fully saturated rings. The number of likely N-dealkylation sites (N-methyl/N-ethyl adjacent to an activating group) is 1. The molecular weight excluding hydrogens is 968 g/mol. The summed E-state index contributed by atoms with van der Waals surface area (Å²) in [7, 11) is 3.27. The van der Waals surface area contributed by atoms with E-state index < -0.39 is 46.2 Å². The van der Waals surface area contributed by atoms with Gasteiger partial charge in [-0.1, -0.05) is 27.7 Å². The number of hydrogen-bond acceptors (Lipinski definition) is 14. The van der Waals surface area contributed by atoms with Crippen LogP contribution >= 0.6 is 35.9 Å². The van der Waals surface area contributed by atoms with Crippen LogP contribution in [0.1, 0.15) is 77.1 Å². The summed E-state index contributed by atoms with van der Waals surface area (Å²) in [6.45, 7) is 11.2. The van der Waals surface area contributed by atoms with Crippen LogP contribution in [0, 0.1) is 11.3 Å². The van der Waals surface area contributed by atoms with Gasteiger partial charge in [0.2, 0.25) is 11.8 Å². The van der Waals surface area contributed by atoms with E-state index >= 15 is 0 Å². The number of alkyl halides is 1. The fraction of sp³-hybridized carbons (Fsp3) is 0.560. The molecule has 0 saturated carbocycles. The molecule has 2 N–H and O–H groups in total. The van der Waals surface area contributed by atoms with Gasteiger partial charge in [-0.3, -0.25) is 29.2 Å². The number of carbonyl (C=O) groups is 5. The molecule has 71 heavy (non-hydrogen) atoms. The summed E-state index contributed by atoms with van der Waals surface area (Å²) < 4.78 is 30.7. The minimum Gasteiger partial charge on any atom is -0.464 e. The van der Waals surface area contributed by atoms with Gasteiger partial charge < -0.3 is 34.1 Å². The van der Waals surface area contributed by atoms with Gasteiger partial charge in [0.25, 0.3) is 5.91 Å². The van der Waals surface area contributed by atoms with Crippen LogP contribution in [0.5, 0.6) is 0 Å². The number of hydrogen-bond donors (Lipinski definition) is 3. The van der Waals surface area contributed by atoms with Crippen LogP contribution in [0.25, 0.3) is 32.7 Å². The van der Waals surface area contributed by atoms with Crippen LogP contribution in [-0.2, 0) is 48.0 Å². The standard InChI is InChI=1S/C50H63FN10O7S3/c1-8-58-34-16-15-29-22-31(34)32(42(58)30-12-10-19-52-40(30)37(26-69)67-7)23-49(4,5)27-68-45(64)33-13-11-20-61(55-33)47(65)50(24-38-53-44(29)71-56-38)46(70-50)54-43(63)41(28(2)3)57(6)48(66)60-25-36-35(60)17-21-59(36)39(62)14-9-18-51/h9-10,12,14-16,19,22,28,33,35-37,41,46,55,69H,8,11,13,17-18,20-21,23-27H2,1-7H3,(H,54,63)/b14-9+/t33-,35-,36-,37-,41-,46?,50-/m0/s1. The largest absolute Gasteiger partial charge is 0.464 e. The molecule has 5 amide bonds. The third-order valence-corrected chi connectivity index (χ3v) is 17.2. The Kier molecular flexibility index (Phi) is 14.6. The number of aromatic nitrogens is 4. The zero-order valence-electron chi connectivity index (χ0n) is 41.2. The number of benzene rings is 1. The van der Waals surface area contributed by atoms with Gasteiger partial charge in [-0.2, -0.15) is 17.0 Å². The number of nitrogens with one attached hydrogen (secondary N) is 2. The van der Waals surface area contributed by atoms with Gasteiger partial charge in [0.15, 0.2) is 0 Å². The molecule has 8 heterocycles. The van der Waals surface area contributed by atoms with Gasteiger partial charge in [-0.05, 0) is 92.0 Å². The lowest BCUT2D eigenvalue weighted by atomic mass is 9.84. The molecule has 17 nitrogen and oxygen atoms in total. The number of halogens is 1. The summed E-state index contributed by atoms with van der Waals surface area (Å²) >= 11 is 7.15. The van der Waals surface area contributed by atoms with Crippen LogP contribution in [-0.4, -0.2) is 155 Å². The summed E-state index contributed by atoms with van der Waals surface area (Å²) in [5.74, 6) is -0.900. The van der Waals surface area contributed by atoms with E-state index in [1.54, 1.807) is 30.2 Å². The lowest BCUT2D eigenvalue weighted by Gasteiger charge is -2.48. The number of urea groups is 1. The SMILES string of the molecule is CCn1c(-c2cccnc2[C@H](CS)OC)c2c3cc(ccc31)-c1nc(ns1)C[C@@]1(SC1NC(=O)[C@H](C(C)C)N(C)C(=O)N1C[C@H]3[C@@H]1CCN3C(=O)/C=C/CF)C(=O)N1CCC[C@H](N1)C(=O)OCC(C)(C)C2. The third kappa shape index (κ3) is 9.56. The summed E-state index contributed by atoms with van der Waals surface area (Å²) in [6, 6.07) is 7.91. The summed E-state index contributed by atoms with van der Waals surface area (Å²) in [5, 5.41) is 5.60. The number of allylic oxidation sites excluding steroid dienone is 1. The van der Waals surface area contributed by atoms with Crippen LogP contribution in [0.4, 0.5) is 9.18 Å². The number of esters is 1. The van der Waals surface area contributed by atoms with Crippen molar-refractivity contribution in [2.75, 3.05) is 52.8 Å². The molecule has 9 rings (SSSR count). The van der Waals surface area contributed by atoms with Crippen molar-refractivity contribution in [3.8, 4) is 21.8 Å². The minimum atomic E-state index is -1.23. The van der Waals surface area contributed by atoms with Crippen molar-refractivity contribution >= 4 is 76.5 Å². The highest BCUT2D eigenvalue weighted by molar-refractivity contribution is 8.09. The van der Waals surface area contributed by atoms with Crippen molar-refractivity contribution in [1.82, 2.24) is 49.4 Å². The molecule has 1 spiro atoms. The van der Waals surface area contributed by atoms with Crippen molar-refractivity contribution in [2.24, 2.45) is 11.3 Å². The van der Waals surface area contributed by atoms with Gasteiger partial charge in [0.1, 0.15) is 45.8 Å². The second-order valence-electron chi connectivity index (χ2n) is 20.2. The Morgan fingerprint density at radius 2 is 1.93 bits per heavy atom. The molecule has 7 atom stereocenters. The quantitative estimate of drug-likeness (QED) is 0.0708.